The highest BCUT2D eigenvalue weighted by molar-refractivity contribution is 6.61. The Morgan fingerprint density at radius 1 is 1.06 bits per heavy atom. The van der Waals surface area contributed by atoms with Crippen LogP contribution >= 0.6 is 0 Å². The zero-order valence-electron chi connectivity index (χ0n) is 8.22. The van der Waals surface area contributed by atoms with Gasteiger partial charge in [-0.25, -0.2) is 8.78 Å². The fourth-order valence-electron chi connectivity index (χ4n) is 1.90. The van der Waals surface area contributed by atoms with Gasteiger partial charge in [0.15, 0.2) is 0 Å². The summed E-state index contributed by atoms with van der Waals surface area (Å²) in [6.45, 7) is -4.79. The third-order valence-electron chi connectivity index (χ3n) is 2.94. The molecule has 0 aromatic heterocycles. The third-order valence-corrected chi connectivity index (χ3v) is 2.94. The second-order valence-corrected chi connectivity index (χ2v) is 4.10. The molecule has 1 aliphatic carbocycles. The van der Waals surface area contributed by atoms with Crippen LogP contribution in [0, 0.1) is 0 Å². The lowest BCUT2D eigenvalue weighted by Crippen LogP contribution is -2.15. The molecule has 0 amide bonds. The first-order valence-electron chi connectivity index (χ1n) is 4.97. The van der Waals surface area contributed by atoms with Gasteiger partial charge in [-0.05, 0) is 11.5 Å². The molecule has 0 saturated heterocycles. The average Bonchev–Trinajstić information content (AvgIpc) is 2.96. The third kappa shape index (κ3) is 2.20. The van der Waals surface area contributed by atoms with Gasteiger partial charge in [0, 0.05) is 5.56 Å². The Morgan fingerprint density at radius 2 is 1.62 bits per heavy atom. The van der Waals surface area contributed by atoms with Crippen molar-refractivity contribution in [3.05, 3.63) is 35.4 Å². The molecule has 88 valence electrons. The first-order chi connectivity index (χ1) is 7.39. The largest absolute Gasteiger partial charge is 0.481 e. The van der Waals surface area contributed by atoms with Gasteiger partial charge in [0.25, 0.3) is 6.43 Å². The predicted molar refractivity (Wildman–Crippen MR) is 51.6 cm³/mol. The summed E-state index contributed by atoms with van der Waals surface area (Å²) in [5, 5.41) is 0. The zero-order valence-corrected chi connectivity index (χ0v) is 8.22. The van der Waals surface area contributed by atoms with Crippen molar-refractivity contribution in [1.29, 1.82) is 0 Å². The Hall–Kier alpha value is -1.07. The maximum absolute atomic E-state index is 12.3. The smallest absolute Gasteiger partial charge is 0.449 e. The predicted octanol–water partition coefficient (Wildman–Crippen LogP) is 4.33. The molecule has 0 N–H and O–H groups in total. The van der Waals surface area contributed by atoms with Crippen LogP contribution in [0.3, 0.4) is 0 Å². The summed E-state index contributed by atoms with van der Waals surface area (Å²) in [5.41, 5.74) is 0.354. The number of halogens is 5. The van der Waals surface area contributed by atoms with Crippen LogP contribution in [-0.2, 0) is 0 Å². The standard InChI is InChI=1S/C10H9BF5/c12-10(13)7-3-1-6(2-4-7)8-5-9(8)11(14,15)16/h1-4,8-10H,5H2/q-1/t8-,9?/m1/s1. The van der Waals surface area contributed by atoms with E-state index in [-0.39, 0.29) is 12.0 Å². The van der Waals surface area contributed by atoms with Gasteiger partial charge in [0.1, 0.15) is 0 Å². The lowest BCUT2D eigenvalue weighted by atomic mass is 9.81. The van der Waals surface area contributed by atoms with Crippen molar-refractivity contribution in [3.8, 4) is 0 Å². The maximum atomic E-state index is 12.3. The zero-order chi connectivity index (χ0) is 11.9. The van der Waals surface area contributed by atoms with E-state index < -0.39 is 25.1 Å². The molecule has 2 atom stereocenters. The van der Waals surface area contributed by atoms with Crippen LogP contribution in [0.15, 0.2) is 24.3 Å². The van der Waals surface area contributed by atoms with E-state index in [9.17, 15) is 21.7 Å². The number of hydrogen-bond donors (Lipinski definition) is 0. The molecule has 1 fully saturated rings. The van der Waals surface area contributed by atoms with Crippen molar-refractivity contribution < 1.29 is 21.7 Å². The Morgan fingerprint density at radius 3 is 2.00 bits per heavy atom. The van der Waals surface area contributed by atoms with Gasteiger partial charge in [0.2, 0.25) is 0 Å². The average molecular weight is 235 g/mol. The van der Waals surface area contributed by atoms with Crippen molar-refractivity contribution in [2.24, 2.45) is 0 Å². The van der Waals surface area contributed by atoms with Crippen LogP contribution in [0.5, 0.6) is 0 Å². The summed E-state index contributed by atoms with van der Waals surface area (Å²) in [6, 6.07) is 5.12. The highest BCUT2D eigenvalue weighted by Crippen LogP contribution is 2.59. The Balaban J connectivity index is 2.08. The van der Waals surface area contributed by atoms with Crippen LogP contribution in [0.2, 0.25) is 5.82 Å². The fraction of sp³-hybridized carbons (Fsp3) is 0.400. The second kappa shape index (κ2) is 3.75. The summed E-state index contributed by atoms with van der Waals surface area (Å²) < 4.78 is 61.4. The summed E-state index contributed by atoms with van der Waals surface area (Å²) in [7, 11) is 0. The van der Waals surface area contributed by atoms with Gasteiger partial charge in [-0.15, -0.1) is 0 Å². The van der Waals surface area contributed by atoms with Crippen LogP contribution in [0.1, 0.15) is 29.9 Å². The second-order valence-electron chi connectivity index (χ2n) is 4.10. The van der Waals surface area contributed by atoms with Crippen molar-refractivity contribution >= 4 is 6.98 Å². The Labute approximate surface area is 89.5 Å². The summed E-state index contributed by atoms with van der Waals surface area (Å²) in [4.78, 5) is 0. The Kier molecular flexibility index (Phi) is 2.68. The number of hydrogen-bond acceptors (Lipinski definition) is 0. The Bertz CT molecular complexity index is 370. The van der Waals surface area contributed by atoms with Gasteiger partial charge in [-0.2, -0.15) is 0 Å². The van der Waals surface area contributed by atoms with Gasteiger partial charge >= 0.3 is 6.98 Å². The van der Waals surface area contributed by atoms with E-state index in [1.807, 2.05) is 0 Å². The fourth-order valence-corrected chi connectivity index (χ4v) is 1.90. The minimum Gasteiger partial charge on any atom is -0.449 e. The van der Waals surface area contributed by atoms with E-state index in [0.29, 0.717) is 5.56 Å². The van der Waals surface area contributed by atoms with Crippen LogP contribution in [0.25, 0.3) is 0 Å². The summed E-state index contributed by atoms with van der Waals surface area (Å²) in [6.07, 6.45) is -2.48. The summed E-state index contributed by atoms with van der Waals surface area (Å²) in [5.74, 6) is -1.76. The molecule has 0 aliphatic heterocycles. The minimum absolute atomic E-state index is 0.0948. The first kappa shape index (κ1) is 11.4. The van der Waals surface area contributed by atoms with Crippen molar-refractivity contribution in [2.45, 2.75) is 24.6 Å². The normalized spacial score (nSPS) is 24.9. The maximum Gasteiger partial charge on any atom is 0.481 e. The molecular weight excluding hydrogens is 226 g/mol. The molecule has 0 nitrogen and oxygen atoms in total. The summed E-state index contributed by atoms with van der Waals surface area (Å²) >= 11 is 0. The van der Waals surface area contributed by atoms with Crippen molar-refractivity contribution in [2.75, 3.05) is 0 Å². The van der Waals surface area contributed by atoms with Crippen molar-refractivity contribution in [3.63, 3.8) is 0 Å². The monoisotopic (exact) mass is 235 g/mol. The van der Waals surface area contributed by atoms with Gasteiger partial charge in [0.05, 0.1) is 0 Å². The van der Waals surface area contributed by atoms with E-state index in [0.717, 1.165) is 0 Å². The van der Waals surface area contributed by atoms with E-state index in [1.54, 1.807) is 0 Å². The van der Waals surface area contributed by atoms with Crippen LogP contribution < -0.4 is 0 Å². The molecule has 0 heterocycles. The van der Waals surface area contributed by atoms with Gasteiger partial charge in [-0.3, -0.25) is 0 Å². The quantitative estimate of drug-likeness (QED) is 0.540. The molecule has 1 saturated carbocycles. The molecule has 16 heavy (non-hydrogen) atoms. The highest BCUT2D eigenvalue weighted by Gasteiger charge is 2.51. The van der Waals surface area contributed by atoms with Crippen LogP contribution in [0.4, 0.5) is 21.7 Å². The van der Waals surface area contributed by atoms with Crippen molar-refractivity contribution in [1.82, 2.24) is 0 Å². The number of rotatable bonds is 3. The SMILES string of the molecule is FC(F)c1ccc([C@H]2CC2[B-](F)(F)F)cc1. The van der Waals surface area contributed by atoms with E-state index >= 15 is 0 Å². The lowest BCUT2D eigenvalue weighted by Gasteiger charge is -2.12. The van der Waals surface area contributed by atoms with Gasteiger partial charge < -0.3 is 12.9 Å². The highest BCUT2D eigenvalue weighted by atomic mass is 19.4. The molecule has 1 aromatic rings. The molecule has 0 radical (unpaired) electrons. The molecule has 0 spiro atoms. The minimum atomic E-state index is -4.79. The molecular formula is C10H9BF5-. The van der Waals surface area contributed by atoms with Gasteiger partial charge in [-0.1, -0.05) is 36.5 Å². The molecule has 0 bridgehead atoms. The molecule has 2 rings (SSSR count). The topological polar surface area (TPSA) is 0 Å². The molecule has 1 aliphatic rings. The lowest BCUT2D eigenvalue weighted by molar-refractivity contribution is 0.151. The van der Waals surface area contributed by atoms with Crippen LogP contribution in [-0.4, -0.2) is 6.98 Å². The molecule has 1 aromatic carbocycles. The first-order valence-corrected chi connectivity index (χ1v) is 4.97. The van der Waals surface area contributed by atoms with E-state index in [2.05, 4.69) is 0 Å². The molecule has 1 unspecified atom stereocenters. The van der Waals surface area contributed by atoms with E-state index in [1.165, 1.54) is 24.3 Å². The molecule has 6 heteroatoms. The van der Waals surface area contributed by atoms with E-state index in [4.69, 9.17) is 0 Å². The number of alkyl halides is 2. The number of benzene rings is 1.